The molecule has 0 radical (unpaired) electrons. The molecule has 3 nitrogen and oxygen atoms in total. The Bertz CT molecular complexity index is 304. The molecule has 0 amide bonds. The van der Waals surface area contributed by atoms with Crippen LogP contribution >= 0.6 is 0 Å². The van der Waals surface area contributed by atoms with Gasteiger partial charge in [0, 0.05) is 25.3 Å². The molecular formula is C15H29N3. The van der Waals surface area contributed by atoms with Crippen LogP contribution in [-0.4, -0.2) is 15.6 Å². The Morgan fingerprint density at radius 3 is 2.61 bits per heavy atom. The van der Waals surface area contributed by atoms with Crippen molar-refractivity contribution in [3.05, 3.63) is 18.2 Å². The van der Waals surface area contributed by atoms with Crippen LogP contribution in [0.1, 0.15) is 65.0 Å². The van der Waals surface area contributed by atoms with E-state index in [0.717, 1.165) is 18.8 Å². The fourth-order valence-corrected chi connectivity index (χ4v) is 2.00. The maximum Gasteiger partial charge on any atom is 0.0949 e. The van der Waals surface area contributed by atoms with E-state index in [0.29, 0.717) is 6.04 Å². The summed E-state index contributed by atoms with van der Waals surface area (Å²) >= 11 is 0. The molecule has 0 aliphatic rings. The average Bonchev–Trinajstić information content (AvgIpc) is 2.79. The van der Waals surface area contributed by atoms with E-state index in [-0.39, 0.29) is 0 Å². The van der Waals surface area contributed by atoms with Crippen molar-refractivity contribution < 1.29 is 0 Å². The topological polar surface area (TPSA) is 29.9 Å². The first-order chi connectivity index (χ1) is 8.72. The van der Waals surface area contributed by atoms with E-state index < -0.39 is 0 Å². The molecule has 0 saturated carbocycles. The molecule has 0 spiro atoms. The molecule has 0 aromatic carbocycles. The number of aromatic nitrogens is 2. The van der Waals surface area contributed by atoms with Crippen LogP contribution in [-0.2, 0) is 13.1 Å². The van der Waals surface area contributed by atoms with E-state index in [1.54, 1.807) is 0 Å². The smallest absolute Gasteiger partial charge is 0.0949 e. The summed E-state index contributed by atoms with van der Waals surface area (Å²) in [4.78, 5) is 4.42. The summed E-state index contributed by atoms with van der Waals surface area (Å²) in [6, 6.07) is 0.522. The minimum Gasteiger partial charge on any atom is -0.337 e. The summed E-state index contributed by atoms with van der Waals surface area (Å²) in [6.45, 7) is 8.57. The van der Waals surface area contributed by atoms with E-state index in [4.69, 9.17) is 0 Å². The third-order valence-corrected chi connectivity index (χ3v) is 3.15. The van der Waals surface area contributed by atoms with Crippen LogP contribution in [0, 0.1) is 0 Å². The van der Waals surface area contributed by atoms with Gasteiger partial charge in [-0.1, -0.05) is 52.9 Å². The summed E-state index contributed by atoms with van der Waals surface area (Å²) in [5.74, 6) is 0. The summed E-state index contributed by atoms with van der Waals surface area (Å²) in [7, 11) is 0. The largest absolute Gasteiger partial charge is 0.337 e. The monoisotopic (exact) mass is 251 g/mol. The van der Waals surface area contributed by atoms with Crippen LogP contribution in [0.4, 0.5) is 0 Å². The molecule has 1 heterocycles. The van der Waals surface area contributed by atoms with Gasteiger partial charge in [-0.3, -0.25) is 0 Å². The maximum atomic E-state index is 4.42. The lowest BCUT2D eigenvalue weighted by atomic mass is 10.1. The van der Waals surface area contributed by atoms with Crippen LogP contribution in [0.15, 0.2) is 12.5 Å². The zero-order chi connectivity index (χ0) is 13.2. The van der Waals surface area contributed by atoms with Crippen LogP contribution in [0.2, 0.25) is 0 Å². The van der Waals surface area contributed by atoms with Gasteiger partial charge in [0.15, 0.2) is 0 Å². The van der Waals surface area contributed by atoms with E-state index in [2.05, 4.69) is 41.8 Å². The number of nitrogens with one attached hydrogen (secondary N) is 1. The summed E-state index contributed by atoms with van der Waals surface area (Å²) < 4.78 is 2.22. The third-order valence-electron chi connectivity index (χ3n) is 3.15. The van der Waals surface area contributed by atoms with Crippen molar-refractivity contribution in [1.29, 1.82) is 0 Å². The minimum atomic E-state index is 0.522. The number of aryl methyl sites for hydroxylation is 1. The molecule has 0 atom stereocenters. The number of unbranched alkanes of at least 4 members (excludes halogenated alkanes) is 5. The molecule has 0 unspecified atom stereocenters. The Balaban J connectivity index is 2.11. The molecule has 1 N–H and O–H groups in total. The third kappa shape index (κ3) is 6.80. The summed E-state index contributed by atoms with van der Waals surface area (Å²) in [5, 5.41) is 3.39. The first kappa shape index (κ1) is 15.2. The lowest BCUT2D eigenvalue weighted by molar-refractivity contribution is 0.556. The summed E-state index contributed by atoms with van der Waals surface area (Å²) in [5.41, 5.74) is 1.15. The van der Waals surface area contributed by atoms with Gasteiger partial charge in [0.2, 0.25) is 0 Å². The first-order valence-electron chi connectivity index (χ1n) is 7.46. The van der Waals surface area contributed by atoms with E-state index in [1.807, 2.05) is 6.33 Å². The van der Waals surface area contributed by atoms with Crippen molar-refractivity contribution in [3.63, 3.8) is 0 Å². The average molecular weight is 251 g/mol. The van der Waals surface area contributed by atoms with Crippen molar-refractivity contribution in [2.75, 3.05) is 0 Å². The van der Waals surface area contributed by atoms with Gasteiger partial charge in [-0.25, -0.2) is 4.98 Å². The molecule has 3 heteroatoms. The standard InChI is InChI=1S/C15H29N3/c1-4-5-6-7-8-9-10-18-12-15(17-13-18)11-16-14(2)3/h12-14,16H,4-11H2,1-3H3. The Hall–Kier alpha value is -0.830. The highest BCUT2D eigenvalue weighted by atomic mass is 15.0. The van der Waals surface area contributed by atoms with Gasteiger partial charge in [0.1, 0.15) is 0 Å². The van der Waals surface area contributed by atoms with E-state index in [9.17, 15) is 0 Å². The van der Waals surface area contributed by atoms with Crippen LogP contribution in [0.5, 0.6) is 0 Å². The molecule has 1 aromatic heterocycles. The van der Waals surface area contributed by atoms with Crippen molar-refractivity contribution in [2.24, 2.45) is 0 Å². The minimum absolute atomic E-state index is 0.522. The van der Waals surface area contributed by atoms with Crippen molar-refractivity contribution >= 4 is 0 Å². The molecule has 1 rings (SSSR count). The fourth-order valence-electron chi connectivity index (χ4n) is 2.00. The fraction of sp³-hybridized carbons (Fsp3) is 0.800. The lowest BCUT2D eigenvalue weighted by Gasteiger charge is -2.05. The van der Waals surface area contributed by atoms with E-state index in [1.165, 1.54) is 38.5 Å². The van der Waals surface area contributed by atoms with Gasteiger partial charge in [-0.05, 0) is 6.42 Å². The Morgan fingerprint density at radius 2 is 1.89 bits per heavy atom. The number of hydrogen-bond donors (Lipinski definition) is 1. The highest BCUT2D eigenvalue weighted by Crippen LogP contribution is 2.06. The van der Waals surface area contributed by atoms with E-state index >= 15 is 0 Å². The summed E-state index contributed by atoms with van der Waals surface area (Å²) in [6.07, 6.45) is 12.2. The Kier molecular flexibility index (Phi) is 7.74. The quantitative estimate of drug-likeness (QED) is 0.642. The van der Waals surface area contributed by atoms with Crippen molar-refractivity contribution in [3.8, 4) is 0 Å². The number of hydrogen-bond acceptors (Lipinski definition) is 2. The van der Waals surface area contributed by atoms with Crippen LogP contribution in [0.25, 0.3) is 0 Å². The van der Waals surface area contributed by atoms with Gasteiger partial charge < -0.3 is 9.88 Å². The van der Waals surface area contributed by atoms with Crippen molar-refractivity contribution in [2.45, 2.75) is 78.4 Å². The SMILES string of the molecule is CCCCCCCCn1cnc(CNC(C)C)c1. The first-order valence-corrected chi connectivity index (χ1v) is 7.46. The second kappa shape index (κ2) is 9.15. The molecule has 0 aliphatic carbocycles. The van der Waals surface area contributed by atoms with Gasteiger partial charge in [0.25, 0.3) is 0 Å². The molecule has 0 aliphatic heterocycles. The zero-order valence-electron chi connectivity index (χ0n) is 12.3. The predicted octanol–water partition coefficient (Wildman–Crippen LogP) is 3.74. The van der Waals surface area contributed by atoms with Crippen molar-refractivity contribution in [1.82, 2.24) is 14.9 Å². The molecule has 0 bridgehead atoms. The maximum absolute atomic E-state index is 4.42. The molecular weight excluding hydrogens is 222 g/mol. The normalized spacial score (nSPS) is 11.3. The second-order valence-corrected chi connectivity index (χ2v) is 5.41. The van der Waals surface area contributed by atoms with Gasteiger partial charge in [-0.15, -0.1) is 0 Å². The Labute approximate surface area is 112 Å². The molecule has 104 valence electrons. The molecule has 1 aromatic rings. The van der Waals surface area contributed by atoms with Gasteiger partial charge >= 0.3 is 0 Å². The van der Waals surface area contributed by atoms with Crippen LogP contribution in [0.3, 0.4) is 0 Å². The lowest BCUT2D eigenvalue weighted by Crippen LogP contribution is -2.21. The predicted molar refractivity (Wildman–Crippen MR) is 77.6 cm³/mol. The number of imidazole rings is 1. The molecule has 0 saturated heterocycles. The highest BCUT2D eigenvalue weighted by Gasteiger charge is 1.99. The second-order valence-electron chi connectivity index (χ2n) is 5.41. The number of nitrogens with zero attached hydrogens (tertiary/aromatic N) is 2. The highest BCUT2D eigenvalue weighted by molar-refractivity contribution is 4.96. The zero-order valence-corrected chi connectivity index (χ0v) is 12.3. The molecule has 0 fully saturated rings. The van der Waals surface area contributed by atoms with Gasteiger partial charge in [0.05, 0.1) is 12.0 Å². The number of rotatable bonds is 10. The van der Waals surface area contributed by atoms with Gasteiger partial charge in [-0.2, -0.15) is 0 Å². The van der Waals surface area contributed by atoms with Crippen LogP contribution < -0.4 is 5.32 Å². The molecule has 18 heavy (non-hydrogen) atoms. The Morgan fingerprint density at radius 1 is 1.17 bits per heavy atom.